The lowest BCUT2D eigenvalue weighted by Crippen LogP contribution is -2.42. The Hall–Kier alpha value is -3.46. The predicted octanol–water partition coefficient (Wildman–Crippen LogP) is 5.84. The van der Waals surface area contributed by atoms with E-state index in [0.29, 0.717) is 22.7 Å². The van der Waals surface area contributed by atoms with E-state index >= 15 is 0 Å². The summed E-state index contributed by atoms with van der Waals surface area (Å²) in [6.45, 7) is 11.8. The van der Waals surface area contributed by atoms with E-state index in [1.807, 2.05) is 39.8 Å². The average Bonchev–Trinajstić information content (AvgIpc) is 3.33. The van der Waals surface area contributed by atoms with Gasteiger partial charge in [0.1, 0.15) is 18.0 Å². The molecule has 9 heteroatoms. The van der Waals surface area contributed by atoms with E-state index in [2.05, 4.69) is 35.2 Å². The number of nitrogens with zero attached hydrogens (tertiary/aromatic N) is 3. The van der Waals surface area contributed by atoms with Crippen LogP contribution in [0, 0.1) is 12.8 Å². The maximum absolute atomic E-state index is 13.2. The molecule has 0 unspecified atom stereocenters. The summed E-state index contributed by atoms with van der Waals surface area (Å²) < 4.78 is 13.5. The molecule has 1 atom stereocenters. The molecule has 3 heterocycles. The van der Waals surface area contributed by atoms with Crippen molar-refractivity contribution in [2.75, 3.05) is 6.61 Å². The summed E-state index contributed by atoms with van der Waals surface area (Å²) in [5, 5.41) is 5.36. The van der Waals surface area contributed by atoms with Crippen LogP contribution in [0.5, 0.6) is 5.75 Å². The van der Waals surface area contributed by atoms with E-state index in [4.69, 9.17) is 9.47 Å². The van der Waals surface area contributed by atoms with Crippen LogP contribution in [-0.2, 0) is 11.8 Å². The summed E-state index contributed by atoms with van der Waals surface area (Å²) in [5.74, 6) is 0.960. The first-order valence-electron chi connectivity index (χ1n) is 12.4. The number of pyridine rings is 2. The molecule has 0 aliphatic heterocycles. The summed E-state index contributed by atoms with van der Waals surface area (Å²) in [6, 6.07) is 5.58. The number of thiazole rings is 1. The van der Waals surface area contributed by atoms with E-state index in [-0.39, 0.29) is 18.2 Å². The Kier molecular flexibility index (Phi) is 7.54. The molecule has 0 fully saturated rings. The van der Waals surface area contributed by atoms with Crippen LogP contribution >= 0.6 is 11.3 Å². The topological polar surface area (TPSA) is 95.3 Å². The Morgan fingerprint density at radius 1 is 1.22 bits per heavy atom. The van der Waals surface area contributed by atoms with Crippen molar-refractivity contribution in [1.82, 2.24) is 19.9 Å². The van der Waals surface area contributed by atoms with Crippen molar-refractivity contribution in [3.05, 3.63) is 52.2 Å². The molecule has 1 amide bonds. The van der Waals surface area contributed by atoms with E-state index in [9.17, 15) is 9.59 Å². The van der Waals surface area contributed by atoms with Gasteiger partial charge < -0.3 is 19.4 Å². The van der Waals surface area contributed by atoms with Crippen LogP contribution in [0.25, 0.3) is 32.1 Å². The standard InChI is InChI=1S/C28H34N4O4S/c1-16(2)10-18(31-27(34)36-28(4,5)6)14-35-23-12-22-20(11-21(23)24-13-29-15-37-24)19-8-9-30-17(3)25(19)26(33)32(22)7/h8-9,11-13,15-16,18H,10,14H2,1-7H3,(H,31,34)/t18-/m0/s1. The molecule has 0 saturated heterocycles. The molecule has 1 N–H and O–H groups in total. The van der Waals surface area contributed by atoms with Gasteiger partial charge in [-0.1, -0.05) is 13.8 Å². The minimum absolute atomic E-state index is 0.103. The third kappa shape index (κ3) is 5.93. The first-order chi connectivity index (χ1) is 17.4. The van der Waals surface area contributed by atoms with Crippen LogP contribution in [0.2, 0.25) is 0 Å². The monoisotopic (exact) mass is 522 g/mol. The molecule has 196 valence electrons. The molecule has 0 spiro atoms. The molecule has 4 rings (SSSR count). The van der Waals surface area contributed by atoms with Crippen LogP contribution in [0.15, 0.2) is 40.9 Å². The third-order valence-electron chi connectivity index (χ3n) is 6.02. The molecule has 0 bridgehead atoms. The van der Waals surface area contributed by atoms with Crippen molar-refractivity contribution < 1.29 is 14.3 Å². The number of amides is 1. The molecule has 4 aromatic rings. The minimum atomic E-state index is -0.591. The van der Waals surface area contributed by atoms with Gasteiger partial charge in [0.2, 0.25) is 0 Å². The zero-order chi connectivity index (χ0) is 26.9. The first kappa shape index (κ1) is 26.6. The van der Waals surface area contributed by atoms with Gasteiger partial charge >= 0.3 is 6.09 Å². The number of hydrogen-bond donors (Lipinski definition) is 1. The summed E-state index contributed by atoms with van der Waals surface area (Å²) in [6.07, 6.45) is 3.78. The van der Waals surface area contributed by atoms with Gasteiger partial charge in [-0.15, -0.1) is 11.3 Å². The Morgan fingerprint density at radius 2 is 1.97 bits per heavy atom. The van der Waals surface area contributed by atoms with Crippen LogP contribution < -0.4 is 15.6 Å². The van der Waals surface area contributed by atoms with Gasteiger partial charge in [-0.3, -0.25) is 14.8 Å². The number of alkyl carbamates (subject to hydrolysis) is 1. The molecule has 1 aromatic carbocycles. The van der Waals surface area contributed by atoms with E-state index in [0.717, 1.165) is 33.2 Å². The minimum Gasteiger partial charge on any atom is -0.491 e. The van der Waals surface area contributed by atoms with Crippen molar-refractivity contribution in [3.8, 4) is 16.2 Å². The highest BCUT2D eigenvalue weighted by Crippen LogP contribution is 2.38. The third-order valence-corrected chi connectivity index (χ3v) is 6.83. The second-order valence-electron chi connectivity index (χ2n) is 10.7. The highest BCUT2D eigenvalue weighted by Gasteiger charge is 2.22. The number of hydrogen-bond acceptors (Lipinski definition) is 7. The van der Waals surface area contributed by atoms with E-state index < -0.39 is 11.7 Å². The molecule has 0 aliphatic rings. The first-order valence-corrected chi connectivity index (χ1v) is 13.3. The van der Waals surface area contributed by atoms with Crippen molar-refractivity contribution >= 4 is 39.1 Å². The smallest absolute Gasteiger partial charge is 0.407 e. The lowest BCUT2D eigenvalue weighted by Gasteiger charge is -2.25. The fourth-order valence-corrected chi connectivity index (χ4v) is 5.11. The Balaban J connectivity index is 1.77. The zero-order valence-corrected chi connectivity index (χ0v) is 23.2. The van der Waals surface area contributed by atoms with Gasteiger partial charge in [0, 0.05) is 36.5 Å². The maximum atomic E-state index is 13.2. The average molecular weight is 523 g/mol. The number of fused-ring (bicyclic) bond motifs is 3. The Bertz CT molecular complexity index is 1490. The van der Waals surface area contributed by atoms with Crippen molar-refractivity contribution in [2.24, 2.45) is 13.0 Å². The molecule has 37 heavy (non-hydrogen) atoms. The quantitative estimate of drug-likeness (QED) is 0.307. The van der Waals surface area contributed by atoms with Crippen molar-refractivity contribution in [2.45, 2.75) is 59.6 Å². The van der Waals surface area contributed by atoms with Crippen LogP contribution in [0.4, 0.5) is 4.79 Å². The summed E-state index contributed by atoms with van der Waals surface area (Å²) in [4.78, 5) is 35.3. The lowest BCUT2D eigenvalue weighted by molar-refractivity contribution is 0.0480. The Morgan fingerprint density at radius 3 is 2.62 bits per heavy atom. The highest BCUT2D eigenvalue weighted by atomic mass is 32.1. The summed E-state index contributed by atoms with van der Waals surface area (Å²) >= 11 is 1.51. The fraction of sp³-hybridized carbons (Fsp3) is 0.429. The number of aromatic nitrogens is 3. The van der Waals surface area contributed by atoms with Gasteiger partial charge in [-0.2, -0.15) is 0 Å². The van der Waals surface area contributed by atoms with Crippen LogP contribution in [-0.4, -0.2) is 38.9 Å². The SMILES string of the molecule is Cc1nccc2c1c(=O)n(C)c1cc(OC[C@H](CC(C)C)NC(=O)OC(C)(C)C)c(-c3cncs3)cc21. The number of aryl methyl sites for hydroxylation is 2. The van der Waals surface area contributed by atoms with Gasteiger partial charge in [0.15, 0.2) is 0 Å². The zero-order valence-electron chi connectivity index (χ0n) is 22.4. The van der Waals surface area contributed by atoms with Crippen LogP contribution in [0.3, 0.4) is 0 Å². The van der Waals surface area contributed by atoms with Crippen molar-refractivity contribution in [3.63, 3.8) is 0 Å². The molecular weight excluding hydrogens is 488 g/mol. The van der Waals surface area contributed by atoms with Gasteiger partial charge in [0.25, 0.3) is 5.56 Å². The Labute approximate surface area is 220 Å². The van der Waals surface area contributed by atoms with Gasteiger partial charge in [-0.25, -0.2) is 4.79 Å². The van der Waals surface area contributed by atoms with E-state index in [1.165, 1.54) is 11.3 Å². The number of carbonyl (C=O) groups excluding carboxylic acids is 1. The molecule has 8 nitrogen and oxygen atoms in total. The van der Waals surface area contributed by atoms with Gasteiger partial charge in [0.05, 0.1) is 33.0 Å². The number of benzene rings is 1. The number of rotatable bonds is 7. The molecule has 0 aliphatic carbocycles. The van der Waals surface area contributed by atoms with E-state index in [1.54, 1.807) is 29.5 Å². The van der Waals surface area contributed by atoms with Gasteiger partial charge in [-0.05, 0) is 57.6 Å². The molecule has 0 saturated carbocycles. The summed E-state index contributed by atoms with van der Waals surface area (Å²) in [5.41, 5.74) is 3.42. The number of nitrogens with one attached hydrogen (secondary N) is 1. The second-order valence-corrected chi connectivity index (χ2v) is 11.6. The fourth-order valence-electron chi connectivity index (χ4n) is 4.46. The highest BCUT2D eigenvalue weighted by molar-refractivity contribution is 7.13. The van der Waals surface area contributed by atoms with Crippen molar-refractivity contribution in [1.29, 1.82) is 0 Å². The number of ether oxygens (including phenoxy) is 2. The second kappa shape index (κ2) is 10.5. The number of carbonyl (C=O) groups is 1. The normalized spacial score (nSPS) is 12.8. The molecule has 3 aromatic heterocycles. The van der Waals surface area contributed by atoms with Crippen LogP contribution in [0.1, 0.15) is 46.7 Å². The lowest BCUT2D eigenvalue weighted by atomic mass is 10.0. The molecule has 0 radical (unpaired) electrons. The largest absolute Gasteiger partial charge is 0.491 e. The predicted molar refractivity (Wildman–Crippen MR) is 148 cm³/mol. The summed E-state index contributed by atoms with van der Waals surface area (Å²) in [7, 11) is 1.76. The molecular formula is C28H34N4O4S. The maximum Gasteiger partial charge on any atom is 0.407 e.